The molecule has 0 spiro atoms. The molecule has 0 aromatic rings. The highest BCUT2D eigenvalue weighted by Gasteiger charge is 2.43. The van der Waals surface area contributed by atoms with Crippen molar-refractivity contribution >= 4 is 0 Å². The van der Waals surface area contributed by atoms with E-state index in [0.717, 1.165) is 25.7 Å². The Morgan fingerprint density at radius 1 is 1.31 bits per heavy atom. The number of hydrogen-bond donors (Lipinski definition) is 2. The third-order valence-corrected chi connectivity index (χ3v) is 3.18. The van der Waals surface area contributed by atoms with Crippen molar-refractivity contribution in [2.45, 2.75) is 52.6 Å². The maximum Gasteiger partial charge on any atom is 0.0623 e. The predicted molar refractivity (Wildman–Crippen MR) is 53.4 cm³/mol. The molecule has 1 rings (SSSR count). The fraction of sp³-hybridized carbons (Fsp3) is 1.00. The first kappa shape index (κ1) is 11.0. The van der Waals surface area contributed by atoms with E-state index in [-0.39, 0.29) is 23.5 Å². The van der Waals surface area contributed by atoms with Crippen LogP contribution in [0.15, 0.2) is 0 Å². The summed E-state index contributed by atoms with van der Waals surface area (Å²) in [7, 11) is 0. The van der Waals surface area contributed by atoms with Crippen molar-refractivity contribution < 1.29 is 10.2 Å². The second-order valence-corrected chi connectivity index (χ2v) is 5.65. The molecule has 78 valence electrons. The quantitative estimate of drug-likeness (QED) is 0.707. The topological polar surface area (TPSA) is 40.5 Å². The molecule has 2 heteroatoms. The van der Waals surface area contributed by atoms with E-state index in [1.807, 2.05) is 0 Å². The molecule has 2 nitrogen and oxygen atoms in total. The number of hydrogen-bond acceptors (Lipinski definition) is 2. The molecule has 0 aliphatic heterocycles. The molecule has 1 saturated carbocycles. The molecule has 0 aromatic heterocycles. The summed E-state index contributed by atoms with van der Waals surface area (Å²) in [4.78, 5) is 0. The van der Waals surface area contributed by atoms with Gasteiger partial charge in [-0.1, -0.05) is 27.2 Å². The molecular formula is C11H22O2. The standard InChI is InChI=1S/C11H22O2/c1-10(2,3)7-9(13)11(8-12)5-4-6-11/h9,12-13H,4-8H2,1-3H3. The molecule has 13 heavy (non-hydrogen) atoms. The van der Waals surface area contributed by atoms with Gasteiger partial charge in [0.15, 0.2) is 0 Å². The minimum absolute atomic E-state index is 0.143. The van der Waals surface area contributed by atoms with Crippen LogP contribution in [0, 0.1) is 10.8 Å². The van der Waals surface area contributed by atoms with Gasteiger partial charge in [-0.3, -0.25) is 0 Å². The van der Waals surface area contributed by atoms with E-state index in [2.05, 4.69) is 20.8 Å². The van der Waals surface area contributed by atoms with Gasteiger partial charge in [0.25, 0.3) is 0 Å². The maximum atomic E-state index is 10.00. The zero-order chi connectivity index (χ0) is 10.1. The van der Waals surface area contributed by atoms with Crippen LogP contribution < -0.4 is 0 Å². The van der Waals surface area contributed by atoms with Gasteiger partial charge < -0.3 is 10.2 Å². The van der Waals surface area contributed by atoms with Gasteiger partial charge in [0, 0.05) is 5.41 Å². The predicted octanol–water partition coefficient (Wildman–Crippen LogP) is 1.95. The molecule has 0 heterocycles. The van der Waals surface area contributed by atoms with Crippen molar-refractivity contribution in [2.24, 2.45) is 10.8 Å². The van der Waals surface area contributed by atoms with Crippen LogP contribution in [0.4, 0.5) is 0 Å². The zero-order valence-corrected chi connectivity index (χ0v) is 9.01. The Morgan fingerprint density at radius 2 is 1.85 bits per heavy atom. The summed E-state index contributed by atoms with van der Waals surface area (Å²) < 4.78 is 0. The molecular weight excluding hydrogens is 164 g/mol. The van der Waals surface area contributed by atoms with Crippen LogP contribution in [0.25, 0.3) is 0 Å². The van der Waals surface area contributed by atoms with Crippen molar-refractivity contribution in [3.8, 4) is 0 Å². The lowest BCUT2D eigenvalue weighted by Crippen LogP contribution is -2.45. The summed E-state index contributed by atoms with van der Waals surface area (Å²) in [5, 5.41) is 19.2. The molecule has 2 N–H and O–H groups in total. The molecule has 0 saturated heterocycles. The number of rotatable bonds is 3. The van der Waals surface area contributed by atoms with Gasteiger partial charge >= 0.3 is 0 Å². The van der Waals surface area contributed by atoms with Gasteiger partial charge in [0.05, 0.1) is 12.7 Å². The van der Waals surface area contributed by atoms with E-state index >= 15 is 0 Å². The summed E-state index contributed by atoms with van der Waals surface area (Å²) in [6.45, 7) is 6.52. The molecule has 1 fully saturated rings. The second kappa shape index (κ2) is 3.58. The Labute approximate surface area is 81.0 Å². The zero-order valence-electron chi connectivity index (χ0n) is 9.01. The Bertz CT molecular complexity index is 160. The smallest absolute Gasteiger partial charge is 0.0623 e. The first-order valence-electron chi connectivity index (χ1n) is 5.19. The highest BCUT2D eigenvalue weighted by atomic mass is 16.3. The Morgan fingerprint density at radius 3 is 2.08 bits per heavy atom. The first-order chi connectivity index (χ1) is 5.90. The van der Waals surface area contributed by atoms with Gasteiger partial charge in [-0.15, -0.1) is 0 Å². The third kappa shape index (κ3) is 2.44. The SMILES string of the molecule is CC(C)(C)CC(O)C1(CO)CCC1. The minimum Gasteiger partial charge on any atom is -0.396 e. The van der Waals surface area contributed by atoms with Crippen molar-refractivity contribution in [1.82, 2.24) is 0 Å². The van der Waals surface area contributed by atoms with Crippen LogP contribution in [-0.4, -0.2) is 22.9 Å². The molecule has 0 radical (unpaired) electrons. The fourth-order valence-electron chi connectivity index (χ4n) is 2.02. The van der Waals surface area contributed by atoms with Gasteiger partial charge in [0.2, 0.25) is 0 Å². The summed E-state index contributed by atoms with van der Waals surface area (Å²) in [6, 6.07) is 0. The lowest BCUT2D eigenvalue weighted by atomic mass is 9.63. The van der Waals surface area contributed by atoms with Gasteiger partial charge in [0.1, 0.15) is 0 Å². The number of aliphatic hydroxyl groups excluding tert-OH is 2. The summed E-state index contributed by atoms with van der Waals surface area (Å²) in [5.74, 6) is 0. The van der Waals surface area contributed by atoms with Gasteiger partial charge in [-0.25, -0.2) is 0 Å². The van der Waals surface area contributed by atoms with Gasteiger partial charge in [-0.05, 0) is 24.7 Å². The normalized spacial score (nSPS) is 23.8. The van der Waals surface area contributed by atoms with Crippen LogP contribution in [0.3, 0.4) is 0 Å². The molecule has 0 amide bonds. The Balaban J connectivity index is 2.50. The van der Waals surface area contributed by atoms with Crippen LogP contribution in [-0.2, 0) is 0 Å². The van der Waals surface area contributed by atoms with Crippen molar-refractivity contribution in [3.05, 3.63) is 0 Å². The van der Waals surface area contributed by atoms with Crippen LogP contribution >= 0.6 is 0 Å². The van der Waals surface area contributed by atoms with Crippen LogP contribution in [0.5, 0.6) is 0 Å². The van der Waals surface area contributed by atoms with Crippen LogP contribution in [0.1, 0.15) is 46.5 Å². The monoisotopic (exact) mass is 186 g/mol. The van der Waals surface area contributed by atoms with E-state index in [4.69, 9.17) is 0 Å². The molecule has 0 bridgehead atoms. The highest BCUT2D eigenvalue weighted by Crippen LogP contribution is 2.46. The van der Waals surface area contributed by atoms with Gasteiger partial charge in [-0.2, -0.15) is 0 Å². The summed E-state index contributed by atoms with van der Waals surface area (Å²) in [5.41, 5.74) is -0.00947. The van der Waals surface area contributed by atoms with Crippen molar-refractivity contribution in [3.63, 3.8) is 0 Å². The second-order valence-electron chi connectivity index (χ2n) is 5.65. The molecule has 1 aliphatic rings. The molecule has 1 aliphatic carbocycles. The molecule has 1 unspecified atom stereocenters. The Hall–Kier alpha value is -0.0800. The minimum atomic E-state index is -0.328. The average Bonchev–Trinajstić information content (AvgIpc) is 1.80. The van der Waals surface area contributed by atoms with E-state index in [1.54, 1.807) is 0 Å². The maximum absolute atomic E-state index is 10.00. The largest absolute Gasteiger partial charge is 0.396 e. The third-order valence-electron chi connectivity index (χ3n) is 3.18. The van der Waals surface area contributed by atoms with Crippen LogP contribution in [0.2, 0.25) is 0 Å². The number of aliphatic hydroxyl groups is 2. The van der Waals surface area contributed by atoms with Crippen molar-refractivity contribution in [1.29, 1.82) is 0 Å². The fourth-order valence-corrected chi connectivity index (χ4v) is 2.02. The van der Waals surface area contributed by atoms with Crippen molar-refractivity contribution in [2.75, 3.05) is 6.61 Å². The van der Waals surface area contributed by atoms with E-state index < -0.39 is 0 Å². The summed E-state index contributed by atoms with van der Waals surface area (Å²) >= 11 is 0. The first-order valence-corrected chi connectivity index (χ1v) is 5.19. The van der Waals surface area contributed by atoms with E-state index in [0.29, 0.717) is 0 Å². The lowest BCUT2D eigenvalue weighted by Gasteiger charge is -2.45. The Kier molecular flexibility index (Phi) is 3.03. The van der Waals surface area contributed by atoms with E-state index in [1.165, 1.54) is 0 Å². The lowest BCUT2D eigenvalue weighted by molar-refractivity contribution is -0.0858. The molecule has 1 atom stereocenters. The van der Waals surface area contributed by atoms with E-state index in [9.17, 15) is 10.2 Å². The summed E-state index contributed by atoms with van der Waals surface area (Å²) in [6.07, 6.45) is 3.59. The highest BCUT2D eigenvalue weighted by molar-refractivity contribution is 4.94. The molecule has 0 aromatic carbocycles. The average molecular weight is 186 g/mol.